The molecule has 1 fully saturated rings. The van der Waals surface area contributed by atoms with Gasteiger partial charge in [0.2, 0.25) is 0 Å². The predicted molar refractivity (Wildman–Crippen MR) is 53.1 cm³/mol. The molecule has 4 heteroatoms. The lowest BCUT2D eigenvalue weighted by Crippen LogP contribution is -2.33. The van der Waals surface area contributed by atoms with E-state index < -0.39 is 0 Å². The number of rotatable bonds is 5. The number of carbonyl (C=O) groups excluding carboxylic acids is 1. The van der Waals surface area contributed by atoms with Crippen molar-refractivity contribution in [1.82, 2.24) is 5.32 Å². The van der Waals surface area contributed by atoms with Crippen LogP contribution in [0.2, 0.25) is 0 Å². The van der Waals surface area contributed by atoms with Crippen LogP contribution in [0.15, 0.2) is 0 Å². The Kier molecular flexibility index (Phi) is 5.56. The molecule has 1 aliphatic rings. The summed E-state index contributed by atoms with van der Waals surface area (Å²) < 4.78 is 10.3. The van der Waals surface area contributed by atoms with Crippen molar-refractivity contribution in [2.24, 2.45) is 0 Å². The van der Waals surface area contributed by atoms with E-state index in [2.05, 4.69) is 5.32 Å². The van der Waals surface area contributed by atoms with Gasteiger partial charge in [-0.25, -0.2) is 4.79 Å². The van der Waals surface area contributed by atoms with Crippen LogP contribution in [0.5, 0.6) is 0 Å². The molecule has 0 aromatic carbocycles. The van der Waals surface area contributed by atoms with Crippen molar-refractivity contribution >= 4 is 5.97 Å². The molecule has 0 aromatic rings. The average Bonchev–Trinajstić information content (AvgIpc) is 2.25. The summed E-state index contributed by atoms with van der Waals surface area (Å²) in [5.41, 5.74) is 0. The maximum absolute atomic E-state index is 11.1. The summed E-state index contributed by atoms with van der Waals surface area (Å²) in [5.74, 6) is -0.245. The summed E-state index contributed by atoms with van der Waals surface area (Å²) in [5, 5.41) is 3.24. The van der Waals surface area contributed by atoms with Crippen LogP contribution in [0.4, 0.5) is 0 Å². The molecule has 1 saturated heterocycles. The zero-order valence-corrected chi connectivity index (χ0v) is 8.75. The van der Waals surface area contributed by atoms with Crippen LogP contribution in [-0.4, -0.2) is 38.4 Å². The Balaban J connectivity index is 2.03. The summed E-state index contributed by atoms with van der Waals surface area (Å²) in [6, 6.07) is 0. The van der Waals surface area contributed by atoms with E-state index in [1.165, 1.54) is 0 Å². The van der Waals surface area contributed by atoms with Crippen molar-refractivity contribution in [2.75, 3.05) is 26.3 Å². The number of hydrogen-bond acceptors (Lipinski definition) is 4. The van der Waals surface area contributed by atoms with Gasteiger partial charge in [-0.05, 0) is 32.4 Å². The second-order valence-corrected chi connectivity index (χ2v) is 3.48. The summed E-state index contributed by atoms with van der Waals surface area (Å²) in [6.07, 6.45) is 3.06. The predicted octanol–water partition coefficient (Wildman–Crippen LogP) is 0.708. The molecule has 0 bridgehead atoms. The number of nitrogens with one attached hydrogen (secondary N) is 1. The Morgan fingerprint density at radius 3 is 2.79 bits per heavy atom. The quantitative estimate of drug-likeness (QED) is 0.665. The SMILES string of the molecule is CCCOC(=O)COC1CCNCC1. The fourth-order valence-electron chi connectivity index (χ4n) is 1.41. The lowest BCUT2D eigenvalue weighted by Gasteiger charge is -2.22. The minimum absolute atomic E-state index is 0.102. The van der Waals surface area contributed by atoms with Crippen LogP contribution in [0, 0.1) is 0 Å². The van der Waals surface area contributed by atoms with E-state index in [4.69, 9.17) is 9.47 Å². The molecule has 0 atom stereocenters. The van der Waals surface area contributed by atoms with Gasteiger partial charge in [-0.1, -0.05) is 6.92 Å². The highest BCUT2D eigenvalue weighted by Crippen LogP contribution is 2.06. The van der Waals surface area contributed by atoms with Gasteiger partial charge in [0.15, 0.2) is 0 Å². The first-order valence-corrected chi connectivity index (χ1v) is 5.31. The van der Waals surface area contributed by atoms with Crippen molar-refractivity contribution in [3.63, 3.8) is 0 Å². The van der Waals surface area contributed by atoms with Crippen LogP contribution in [0.1, 0.15) is 26.2 Å². The highest BCUT2D eigenvalue weighted by molar-refractivity contribution is 5.70. The molecule has 0 aromatic heterocycles. The summed E-state index contributed by atoms with van der Waals surface area (Å²) in [7, 11) is 0. The van der Waals surface area contributed by atoms with E-state index in [1.807, 2.05) is 6.92 Å². The molecule has 1 rings (SSSR count). The zero-order valence-electron chi connectivity index (χ0n) is 8.75. The van der Waals surface area contributed by atoms with Crippen molar-refractivity contribution < 1.29 is 14.3 Å². The normalized spacial score (nSPS) is 18.1. The van der Waals surface area contributed by atoms with E-state index >= 15 is 0 Å². The van der Waals surface area contributed by atoms with Crippen LogP contribution in [-0.2, 0) is 14.3 Å². The largest absolute Gasteiger partial charge is 0.464 e. The Hall–Kier alpha value is -0.610. The van der Waals surface area contributed by atoms with Crippen molar-refractivity contribution in [3.8, 4) is 0 Å². The first kappa shape index (κ1) is 11.5. The van der Waals surface area contributed by atoms with Gasteiger partial charge in [0.25, 0.3) is 0 Å². The molecule has 0 aliphatic carbocycles. The van der Waals surface area contributed by atoms with Crippen LogP contribution in [0.3, 0.4) is 0 Å². The van der Waals surface area contributed by atoms with Gasteiger partial charge in [-0.15, -0.1) is 0 Å². The van der Waals surface area contributed by atoms with Gasteiger partial charge in [-0.2, -0.15) is 0 Å². The second kappa shape index (κ2) is 6.79. The number of hydrogen-bond donors (Lipinski definition) is 1. The van der Waals surface area contributed by atoms with Gasteiger partial charge in [0, 0.05) is 0 Å². The van der Waals surface area contributed by atoms with Gasteiger partial charge >= 0.3 is 5.97 Å². The number of piperidine rings is 1. The number of ether oxygens (including phenoxy) is 2. The fourth-order valence-corrected chi connectivity index (χ4v) is 1.41. The molecular formula is C10H19NO3. The third-order valence-electron chi connectivity index (χ3n) is 2.19. The number of carbonyl (C=O) groups is 1. The molecular weight excluding hydrogens is 182 g/mol. The molecule has 1 aliphatic heterocycles. The Morgan fingerprint density at radius 2 is 2.14 bits per heavy atom. The standard InChI is InChI=1S/C10H19NO3/c1-2-7-13-10(12)8-14-9-3-5-11-6-4-9/h9,11H,2-8H2,1H3. The number of esters is 1. The van der Waals surface area contributed by atoms with Crippen molar-refractivity contribution in [2.45, 2.75) is 32.3 Å². The second-order valence-electron chi connectivity index (χ2n) is 3.48. The van der Waals surface area contributed by atoms with E-state index in [1.54, 1.807) is 0 Å². The van der Waals surface area contributed by atoms with Gasteiger partial charge in [0.1, 0.15) is 6.61 Å². The topological polar surface area (TPSA) is 47.6 Å². The third-order valence-corrected chi connectivity index (χ3v) is 2.19. The third kappa shape index (κ3) is 4.58. The zero-order chi connectivity index (χ0) is 10.2. The van der Waals surface area contributed by atoms with Crippen molar-refractivity contribution in [3.05, 3.63) is 0 Å². The van der Waals surface area contributed by atoms with Crippen LogP contribution < -0.4 is 5.32 Å². The summed E-state index contributed by atoms with van der Waals surface area (Å²) >= 11 is 0. The first-order chi connectivity index (χ1) is 6.83. The Labute approximate surface area is 85.0 Å². The molecule has 0 spiro atoms. The summed E-state index contributed by atoms with van der Waals surface area (Å²) in [4.78, 5) is 11.1. The highest BCUT2D eigenvalue weighted by atomic mass is 16.6. The molecule has 0 saturated carbocycles. The fraction of sp³-hybridized carbons (Fsp3) is 0.900. The molecule has 1 heterocycles. The molecule has 1 N–H and O–H groups in total. The molecule has 4 nitrogen and oxygen atoms in total. The van der Waals surface area contributed by atoms with Gasteiger partial charge in [0.05, 0.1) is 12.7 Å². The van der Waals surface area contributed by atoms with E-state index in [-0.39, 0.29) is 18.7 Å². The van der Waals surface area contributed by atoms with E-state index in [0.29, 0.717) is 6.61 Å². The minimum Gasteiger partial charge on any atom is -0.464 e. The summed E-state index contributed by atoms with van der Waals surface area (Å²) in [6.45, 7) is 4.53. The maximum Gasteiger partial charge on any atom is 0.332 e. The average molecular weight is 201 g/mol. The molecule has 82 valence electrons. The van der Waals surface area contributed by atoms with E-state index in [0.717, 1.165) is 32.4 Å². The van der Waals surface area contributed by atoms with Crippen LogP contribution >= 0.6 is 0 Å². The molecule has 0 radical (unpaired) electrons. The highest BCUT2D eigenvalue weighted by Gasteiger charge is 2.14. The first-order valence-electron chi connectivity index (χ1n) is 5.31. The Bertz CT molecular complexity index is 167. The van der Waals surface area contributed by atoms with Crippen LogP contribution in [0.25, 0.3) is 0 Å². The smallest absolute Gasteiger partial charge is 0.332 e. The van der Waals surface area contributed by atoms with E-state index in [9.17, 15) is 4.79 Å². The van der Waals surface area contributed by atoms with Gasteiger partial charge < -0.3 is 14.8 Å². The molecule has 14 heavy (non-hydrogen) atoms. The molecule has 0 unspecified atom stereocenters. The lowest BCUT2D eigenvalue weighted by molar-refractivity contribution is -0.151. The Morgan fingerprint density at radius 1 is 1.43 bits per heavy atom. The molecule has 0 amide bonds. The van der Waals surface area contributed by atoms with Crippen molar-refractivity contribution in [1.29, 1.82) is 0 Å². The minimum atomic E-state index is -0.245. The monoisotopic (exact) mass is 201 g/mol. The maximum atomic E-state index is 11.1. The van der Waals surface area contributed by atoms with Gasteiger partial charge in [-0.3, -0.25) is 0 Å². The lowest BCUT2D eigenvalue weighted by atomic mass is 10.1.